The van der Waals surface area contributed by atoms with Gasteiger partial charge in [-0.1, -0.05) is 42.1 Å². The minimum absolute atomic E-state index is 0.0634. The van der Waals surface area contributed by atoms with Crippen molar-refractivity contribution in [3.63, 3.8) is 0 Å². The lowest BCUT2D eigenvalue weighted by atomic mass is 10.2. The van der Waals surface area contributed by atoms with E-state index in [0.717, 1.165) is 47.5 Å². The van der Waals surface area contributed by atoms with Crippen LogP contribution in [0.3, 0.4) is 0 Å². The predicted molar refractivity (Wildman–Crippen MR) is 102 cm³/mol. The Morgan fingerprint density at radius 1 is 1.19 bits per heavy atom. The summed E-state index contributed by atoms with van der Waals surface area (Å²) in [4.78, 5) is 16.6. The van der Waals surface area contributed by atoms with Gasteiger partial charge in [-0.3, -0.25) is 4.79 Å². The van der Waals surface area contributed by atoms with Crippen molar-refractivity contribution in [2.45, 2.75) is 24.0 Å². The number of carbonyl (C=O) groups excluding carboxylic acids is 1. The van der Waals surface area contributed by atoms with E-state index in [1.807, 2.05) is 36.5 Å². The standard InChI is InChI=1S/C20H17F2N3OS/c21-14-6-9-16(22)17(10-14)24-19(26)12-27-20-23-11-18(25(20)15-7-8-15)13-4-2-1-3-5-13/h1-6,9-11,15H,7-8,12H2,(H,24,26). The molecule has 0 radical (unpaired) electrons. The molecule has 4 rings (SSSR count). The van der Waals surface area contributed by atoms with E-state index in [4.69, 9.17) is 0 Å². The highest BCUT2D eigenvalue weighted by atomic mass is 32.2. The molecule has 7 heteroatoms. The largest absolute Gasteiger partial charge is 0.323 e. The van der Waals surface area contributed by atoms with Crippen molar-refractivity contribution in [2.24, 2.45) is 0 Å². The molecule has 0 spiro atoms. The molecule has 0 saturated heterocycles. The first kappa shape index (κ1) is 17.7. The van der Waals surface area contributed by atoms with Gasteiger partial charge < -0.3 is 9.88 Å². The average molecular weight is 385 g/mol. The lowest BCUT2D eigenvalue weighted by Gasteiger charge is -2.11. The van der Waals surface area contributed by atoms with Crippen molar-refractivity contribution in [3.05, 3.63) is 66.4 Å². The Labute approximate surface area is 159 Å². The number of thioether (sulfide) groups is 1. The third-order valence-electron chi connectivity index (χ3n) is 4.28. The molecule has 138 valence electrons. The van der Waals surface area contributed by atoms with Crippen LogP contribution in [0.25, 0.3) is 11.3 Å². The van der Waals surface area contributed by atoms with Crippen LogP contribution in [0.15, 0.2) is 59.9 Å². The first-order valence-electron chi connectivity index (χ1n) is 8.62. The van der Waals surface area contributed by atoms with Gasteiger partial charge in [0.15, 0.2) is 5.16 Å². The highest BCUT2D eigenvalue weighted by Gasteiger charge is 2.29. The summed E-state index contributed by atoms with van der Waals surface area (Å²) in [5.41, 5.74) is 1.95. The molecule has 1 aliphatic carbocycles. The van der Waals surface area contributed by atoms with E-state index in [0.29, 0.717) is 6.04 Å². The number of amides is 1. The molecule has 27 heavy (non-hydrogen) atoms. The average Bonchev–Trinajstić information content (AvgIpc) is 3.43. The number of hydrogen-bond donors (Lipinski definition) is 1. The Morgan fingerprint density at radius 3 is 2.70 bits per heavy atom. The number of nitrogens with one attached hydrogen (secondary N) is 1. The van der Waals surface area contributed by atoms with E-state index >= 15 is 0 Å². The second-order valence-electron chi connectivity index (χ2n) is 6.35. The fraction of sp³-hybridized carbons (Fsp3) is 0.200. The third kappa shape index (κ3) is 4.03. The van der Waals surface area contributed by atoms with Crippen LogP contribution >= 0.6 is 11.8 Å². The van der Waals surface area contributed by atoms with Crippen LogP contribution in [-0.2, 0) is 4.79 Å². The molecular weight excluding hydrogens is 368 g/mol. The number of nitrogens with zero attached hydrogens (tertiary/aromatic N) is 2. The molecule has 1 heterocycles. The molecule has 0 bridgehead atoms. The maximum Gasteiger partial charge on any atom is 0.234 e. The zero-order valence-electron chi connectivity index (χ0n) is 14.4. The number of hydrogen-bond acceptors (Lipinski definition) is 3. The maximum absolute atomic E-state index is 13.7. The SMILES string of the molecule is O=C(CSc1ncc(-c2ccccc2)n1C1CC1)Nc1cc(F)ccc1F. The summed E-state index contributed by atoms with van der Waals surface area (Å²) >= 11 is 1.29. The summed E-state index contributed by atoms with van der Waals surface area (Å²) in [5, 5.41) is 3.17. The molecule has 1 aliphatic rings. The Morgan fingerprint density at radius 2 is 1.96 bits per heavy atom. The van der Waals surface area contributed by atoms with Gasteiger partial charge in [0.1, 0.15) is 11.6 Å². The normalized spacial score (nSPS) is 13.6. The highest BCUT2D eigenvalue weighted by Crippen LogP contribution is 2.41. The van der Waals surface area contributed by atoms with Gasteiger partial charge in [0, 0.05) is 12.1 Å². The number of imidazole rings is 1. The Hall–Kier alpha value is -2.67. The number of halogens is 2. The summed E-state index contributed by atoms with van der Waals surface area (Å²) in [6, 6.07) is 13.4. The highest BCUT2D eigenvalue weighted by molar-refractivity contribution is 7.99. The van der Waals surface area contributed by atoms with Crippen LogP contribution in [0.5, 0.6) is 0 Å². The number of anilines is 1. The lowest BCUT2D eigenvalue weighted by Crippen LogP contribution is -2.15. The van der Waals surface area contributed by atoms with E-state index in [9.17, 15) is 13.6 Å². The van der Waals surface area contributed by atoms with E-state index in [2.05, 4.69) is 14.9 Å². The second kappa shape index (κ2) is 7.52. The summed E-state index contributed by atoms with van der Waals surface area (Å²) in [6.07, 6.45) is 4.00. The Bertz CT molecular complexity index is 971. The van der Waals surface area contributed by atoms with Crippen LogP contribution in [0.1, 0.15) is 18.9 Å². The lowest BCUT2D eigenvalue weighted by molar-refractivity contribution is -0.113. The van der Waals surface area contributed by atoms with E-state index in [1.54, 1.807) is 0 Å². The van der Waals surface area contributed by atoms with Crippen LogP contribution < -0.4 is 5.32 Å². The number of benzene rings is 2. The molecule has 1 N–H and O–H groups in total. The van der Waals surface area contributed by atoms with Crippen LogP contribution in [0.2, 0.25) is 0 Å². The van der Waals surface area contributed by atoms with Gasteiger partial charge in [-0.2, -0.15) is 0 Å². The molecule has 1 aromatic heterocycles. The second-order valence-corrected chi connectivity index (χ2v) is 7.30. The summed E-state index contributed by atoms with van der Waals surface area (Å²) in [7, 11) is 0. The third-order valence-corrected chi connectivity index (χ3v) is 5.25. The van der Waals surface area contributed by atoms with Crippen molar-refractivity contribution in [2.75, 3.05) is 11.1 Å². The molecule has 0 aliphatic heterocycles. The number of rotatable bonds is 6. The summed E-state index contributed by atoms with van der Waals surface area (Å²) in [6.45, 7) is 0. The zero-order valence-corrected chi connectivity index (χ0v) is 15.2. The van der Waals surface area contributed by atoms with Gasteiger partial charge in [-0.15, -0.1) is 0 Å². The van der Waals surface area contributed by atoms with E-state index in [-0.39, 0.29) is 11.4 Å². The van der Waals surface area contributed by atoms with Gasteiger partial charge >= 0.3 is 0 Å². The fourth-order valence-corrected chi connectivity index (χ4v) is 3.71. The van der Waals surface area contributed by atoms with Crippen LogP contribution in [0.4, 0.5) is 14.5 Å². The molecule has 2 aromatic carbocycles. The Balaban J connectivity index is 1.48. The van der Waals surface area contributed by atoms with E-state index in [1.165, 1.54) is 11.8 Å². The van der Waals surface area contributed by atoms with Crippen molar-refractivity contribution in [1.29, 1.82) is 0 Å². The fourth-order valence-electron chi connectivity index (χ4n) is 2.87. The quantitative estimate of drug-likeness (QED) is 0.615. The van der Waals surface area contributed by atoms with E-state index < -0.39 is 17.5 Å². The van der Waals surface area contributed by atoms with Crippen LogP contribution in [-0.4, -0.2) is 21.2 Å². The predicted octanol–water partition coefficient (Wildman–Crippen LogP) is 4.89. The summed E-state index contributed by atoms with van der Waals surface area (Å²) in [5.74, 6) is -1.61. The van der Waals surface area contributed by atoms with Crippen molar-refractivity contribution >= 4 is 23.4 Å². The maximum atomic E-state index is 13.7. The molecule has 1 saturated carbocycles. The summed E-state index contributed by atoms with van der Waals surface area (Å²) < 4.78 is 29.0. The van der Waals surface area contributed by atoms with Gasteiger partial charge in [-0.05, 0) is 30.5 Å². The number of aromatic nitrogens is 2. The first-order valence-corrected chi connectivity index (χ1v) is 9.61. The molecule has 0 atom stereocenters. The van der Waals surface area contributed by atoms with Gasteiger partial charge in [-0.25, -0.2) is 13.8 Å². The smallest absolute Gasteiger partial charge is 0.234 e. The Kier molecular flexibility index (Phi) is 4.94. The molecule has 4 nitrogen and oxygen atoms in total. The van der Waals surface area contributed by atoms with Crippen molar-refractivity contribution in [3.8, 4) is 11.3 Å². The molecular formula is C20H17F2N3OS. The van der Waals surface area contributed by atoms with Gasteiger partial charge in [0.25, 0.3) is 0 Å². The zero-order chi connectivity index (χ0) is 18.8. The molecule has 1 fully saturated rings. The minimum Gasteiger partial charge on any atom is -0.323 e. The molecule has 1 amide bonds. The first-order chi connectivity index (χ1) is 13.1. The molecule has 3 aromatic rings. The van der Waals surface area contributed by atoms with Crippen molar-refractivity contribution < 1.29 is 13.6 Å². The number of carbonyl (C=O) groups is 1. The van der Waals surface area contributed by atoms with Gasteiger partial charge in [0.05, 0.1) is 23.3 Å². The molecule has 0 unspecified atom stereocenters. The van der Waals surface area contributed by atoms with Crippen molar-refractivity contribution in [1.82, 2.24) is 9.55 Å². The minimum atomic E-state index is -0.666. The van der Waals surface area contributed by atoms with Crippen LogP contribution in [0, 0.1) is 11.6 Å². The monoisotopic (exact) mass is 385 g/mol. The van der Waals surface area contributed by atoms with Gasteiger partial charge in [0.2, 0.25) is 5.91 Å². The topological polar surface area (TPSA) is 46.9 Å².